The Hall–Kier alpha value is 0.730. The van der Waals surface area contributed by atoms with E-state index in [0.29, 0.717) is 0 Å². The molecule has 1 rings (SSSR count). The van der Waals surface area contributed by atoms with Crippen molar-refractivity contribution < 1.29 is 0 Å². The topological polar surface area (TPSA) is 12.0 Å². The Kier molecular flexibility index (Phi) is 5.96. The first kappa shape index (κ1) is 9.73. The summed E-state index contributed by atoms with van der Waals surface area (Å²) in [7, 11) is 0. The molecule has 0 amide bonds. The van der Waals surface area contributed by atoms with Crippen molar-refractivity contribution in [3.05, 3.63) is 0 Å². The second-order valence-electron chi connectivity index (χ2n) is 2.44. The van der Waals surface area contributed by atoms with Crippen LogP contribution in [0.3, 0.4) is 0 Å². The van der Waals surface area contributed by atoms with Crippen LogP contribution in [-0.4, -0.2) is 6.04 Å². The van der Waals surface area contributed by atoms with Crippen LogP contribution in [0.2, 0.25) is 0 Å². The van der Waals surface area contributed by atoms with Gasteiger partial charge in [-0.25, -0.2) is 0 Å². The molecule has 3 heteroatoms. The van der Waals surface area contributed by atoms with E-state index in [1.807, 2.05) is 0 Å². The van der Waals surface area contributed by atoms with Gasteiger partial charge in [-0.05, 0) is 12.8 Å². The molecular formula is C6H13BrClN. The summed E-state index contributed by atoms with van der Waals surface area (Å²) < 4.78 is 3.12. The van der Waals surface area contributed by atoms with E-state index >= 15 is 0 Å². The second kappa shape index (κ2) is 5.51. The highest BCUT2D eigenvalue weighted by Crippen LogP contribution is 2.17. The molecule has 0 bridgehead atoms. The smallest absolute Gasteiger partial charge is 0.0174 e. The molecule has 1 fully saturated rings. The fraction of sp³-hybridized carbons (Fsp3) is 1.00. The maximum atomic E-state index is 3.26. The average Bonchev–Trinajstić information content (AvgIpc) is 1.90. The molecule has 0 aromatic carbocycles. The van der Waals surface area contributed by atoms with Gasteiger partial charge in [0.2, 0.25) is 0 Å². The third kappa shape index (κ3) is 3.43. The predicted molar refractivity (Wildman–Crippen MR) is 46.2 cm³/mol. The molecule has 1 nitrogen and oxygen atoms in total. The van der Waals surface area contributed by atoms with E-state index in [1.54, 1.807) is 0 Å². The van der Waals surface area contributed by atoms with Gasteiger partial charge in [0, 0.05) is 22.2 Å². The van der Waals surface area contributed by atoms with Gasteiger partial charge in [0.1, 0.15) is 0 Å². The summed E-state index contributed by atoms with van der Waals surface area (Å²) >= 11 is 3.26. The van der Waals surface area contributed by atoms with E-state index in [9.17, 15) is 0 Å². The van der Waals surface area contributed by atoms with Crippen molar-refractivity contribution >= 4 is 28.6 Å². The molecule has 56 valence electrons. The van der Waals surface area contributed by atoms with E-state index in [0.717, 1.165) is 6.04 Å². The monoisotopic (exact) mass is 213 g/mol. The summed E-state index contributed by atoms with van der Waals surface area (Å²) in [4.78, 5) is 0. The van der Waals surface area contributed by atoms with Crippen LogP contribution < -0.4 is 4.34 Å². The molecule has 9 heavy (non-hydrogen) atoms. The third-order valence-electron chi connectivity index (χ3n) is 1.76. The van der Waals surface area contributed by atoms with Crippen LogP contribution in [0.1, 0.15) is 32.1 Å². The van der Waals surface area contributed by atoms with Gasteiger partial charge in [-0.3, -0.25) is 4.34 Å². The van der Waals surface area contributed by atoms with Gasteiger partial charge in [-0.1, -0.05) is 19.3 Å². The molecule has 0 atom stereocenters. The lowest BCUT2D eigenvalue weighted by Crippen LogP contribution is -2.22. The molecule has 0 aromatic heterocycles. The lowest BCUT2D eigenvalue weighted by molar-refractivity contribution is 0.426. The van der Waals surface area contributed by atoms with Gasteiger partial charge < -0.3 is 0 Å². The minimum Gasteiger partial charge on any atom is -0.253 e. The van der Waals surface area contributed by atoms with Crippen LogP contribution in [-0.2, 0) is 0 Å². The van der Waals surface area contributed by atoms with Crippen LogP contribution in [0.15, 0.2) is 0 Å². The first-order valence-electron chi connectivity index (χ1n) is 3.29. The predicted octanol–water partition coefficient (Wildman–Crippen LogP) is 2.64. The number of rotatable bonds is 1. The molecule has 1 aliphatic rings. The molecule has 0 aliphatic heterocycles. The maximum Gasteiger partial charge on any atom is 0.0174 e. The van der Waals surface area contributed by atoms with Crippen molar-refractivity contribution in [3.63, 3.8) is 0 Å². The van der Waals surface area contributed by atoms with Gasteiger partial charge >= 0.3 is 0 Å². The Morgan fingerprint density at radius 2 is 1.67 bits per heavy atom. The fourth-order valence-corrected chi connectivity index (χ4v) is 1.67. The first-order valence-corrected chi connectivity index (χ1v) is 4.09. The first-order chi connectivity index (χ1) is 3.93. The summed E-state index contributed by atoms with van der Waals surface area (Å²) in [5.41, 5.74) is 0. The van der Waals surface area contributed by atoms with Crippen LogP contribution in [0.25, 0.3) is 0 Å². The van der Waals surface area contributed by atoms with Gasteiger partial charge in [0.15, 0.2) is 0 Å². The van der Waals surface area contributed by atoms with Gasteiger partial charge in [-0.2, -0.15) is 0 Å². The number of nitrogens with one attached hydrogen (secondary N) is 1. The quantitative estimate of drug-likeness (QED) is 0.662. The van der Waals surface area contributed by atoms with Crippen LogP contribution in [0, 0.1) is 0 Å². The Labute approximate surface area is 71.3 Å². The largest absolute Gasteiger partial charge is 0.253 e. The molecule has 1 saturated carbocycles. The van der Waals surface area contributed by atoms with E-state index in [4.69, 9.17) is 0 Å². The third-order valence-corrected chi connectivity index (χ3v) is 2.41. The lowest BCUT2D eigenvalue weighted by Gasteiger charge is -2.18. The minimum absolute atomic E-state index is 0. The molecule has 0 saturated heterocycles. The van der Waals surface area contributed by atoms with E-state index in [2.05, 4.69) is 20.5 Å². The van der Waals surface area contributed by atoms with Crippen molar-refractivity contribution in [2.75, 3.05) is 0 Å². The highest BCUT2D eigenvalue weighted by atomic mass is 79.9. The normalized spacial score (nSPS) is 21.0. The molecule has 0 spiro atoms. The SMILES string of the molecule is BrNC1CCCCC1.Cl. The molecule has 0 heterocycles. The summed E-state index contributed by atoms with van der Waals surface area (Å²) in [6, 6.07) is 0.753. The average molecular weight is 215 g/mol. The number of hydrogen-bond donors (Lipinski definition) is 1. The zero-order valence-electron chi connectivity index (χ0n) is 5.40. The van der Waals surface area contributed by atoms with Crippen molar-refractivity contribution in [1.29, 1.82) is 0 Å². The van der Waals surface area contributed by atoms with E-state index in [1.165, 1.54) is 32.1 Å². The van der Waals surface area contributed by atoms with Crippen molar-refractivity contribution in [2.45, 2.75) is 38.1 Å². The number of halogens is 2. The van der Waals surface area contributed by atoms with Gasteiger partial charge in [-0.15, -0.1) is 12.4 Å². The van der Waals surface area contributed by atoms with Gasteiger partial charge in [0.05, 0.1) is 0 Å². The van der Waals surface area contributed by atoms with E-state index in [-0.39, 0.29) is 12.4 Å². The summed E-state index contributed by atoms with van der Waals surface area (Å²) in [6.45, 7) is 0. The highest BCUT2D eigenvalue weighted by Gasteiger charge is 2.10. The van der Waals surface area contributed by atoms with Crippen molar-refractivity contribution in [2.24, 2.45) is 0 Å². The molecule has 1 N–H and O–H groups in total. The number of hydrogen-bond acceptors (Lipinski definition) is 1. The Bertz CT molecular complexity index is 64.1. The summed E-state index contributed by atoms with van der Waals surface area (Å²) in [5.74, 6) is 0. The highest BCUT2D eigenvalue weighted by molar-refractivity contribution is 9.08. The zero-order valence-corrected chi connectivity index (χ0v) is 7.80. The Balaban J connectivity index is 0.000000640. The van der Waals surface area contributed by atoms with Crippen LogP contribution >= 0.6 is 28.6 Å². The Morgan fingerprint density at radius 1 is 1.11 bits per heavy atom. The van der Waals surface area contributed by atoms with Crippen molar-refractivity contribution in [3.8, 4) is 0 Å². The van der Waals surface area contributed by atoms with E-state index < -0.39 is 0 Å². The summed E-state index contributed by atoms with van der Waals surface area (Å²) in [5, 5.41) is 0. The second-order valence-corrected chi connectivity index (χ2v) is 2.90. The molecule has 0 unspecified atom stereocenters. The fourth-order valence-electron chi connectivity index (χ4n) is 1.21. The molecule has 1 aliphatic carbocycles. The molecule has 0 radical (unpaired) electrons. The zero-order chi connectivity index (χ0) is 5.82. The van der Waals surface area contributed by atoms with Crippen LogP contribution in [0.5, 0.6) is 0 Å². The molecular weight excluding hydrogens is 201 g/mol. The summed E-state index contributed by atoms with van der Waals surface area (Å²) in [6.07, 6.45) is 6.95. The minimum atomic E-state index is 0. The Morgan fingerprint density at radius 3 is 2.00 bits per heavy atom. The van der Waals surface area contributed by atoms with Crippen molar-refractivity contribution in [1.82, 2.24) is 4.34 Å². The molecule has 0 aromatic rings. The van der Waals surface area contributed by atoms with Gasteiger partial charge in [0.25, 0.3) is 0 Å². The lowest BCUT2D eigenvalue weighted by atomic mass is 9.97. The maximum absolute atomic E-state index is 3.26. The standard InChI is InChI=1S/C6H12BrN.ClH/c7-8-6-4-2-1-3-5-6;/h6,8H,1-5H2;1H. The van der Waals surface area contributed by atoms with Crippen LogP contribution in [0.4, 0.5) is 0 Å².